The second-order valence-electron chi connectivity index (χ2n) is 5.53. The Balaban J connectivity index is 1.51. The first-order valence-electron chi connectivity index (χ1n) is 7.81. The average Bonchev–Trinajstić information content (AvgIpc) is 3.32. The highest BCUT2D eigenvalue weighted by Gasteiger charge is 2.17. The molecule has 0 radical (unpaired) electrons. The molecule has 0 aliphatic heterocycles. The summed E-state index contributed by atoms with van der Waals surface area (Å²) in [7, 11) is 0. The number of nitrogens with one attached hydrogen (secondary N) is 2. The Labute approximate surface area is 163 Å². The van der Waals surface area contributed by atoms with Crippen LogP contribution in [0.2, 0.25) is 10.0 Å². The maximum Gasteiger partial charge on any atom is 0.280 e. The molecule has 7 nitrogen and oxygen atoms in total. The summed E-state index contributed by atoms with van der Waals surface area (Å²) in [6, 6.07) is 15.7. The summed E-state index contributed by atoms with van der Waals surface area (Å²) in [5.41, 5.74) is 1.49. The topological polar surface area (TPSA) is 96.7 Å². The molecule has 0 aliphatic rings. The van der Waals surface area contributed by atoms with Crippen LogP contribution in [-0.2, 0) is 0 Å². The van der Waals surface area contributed by atoms with Crippen molar-refractivity contribution in [2.75, 3.05) is 5.32 Å². The number of halogens is 2. The molecule has 0 bridgehead atoms. The molecule has 0 spiro atoms. The molecule has 0 saturated carbocycles. The Morgan fingerprint density at radius 2 is 1.93 bits per heavy atom. The third-order valence-electron chi connectivity index (χ3n) is 3.69. The van der Waals surface area contributed by atoms with Gasteiger partial charge in [-0.25, -0.2) is 0 Å². The normalized spacial score (nSPS) is 10.7. The second kappa shape index (κ2) is 7.22. The molecule has 2 aromatic heterocycles. The maximum atomic E-state index is 12.4. The largest absolute Gasteiger partial charge is 0.355 e. The van der Waals surface area contributed by atoms with Gasteiger partial charge in [-0.3, -0.25) is 15.2 Å². The van der Waals surface area contributed by atoms with Gasteiger partial charge in [-0.2, -0.15) is 4.98 Å². The summed E-state index contributed by atoms with van der Waals surface area (Å²) in [5.74, 6) is 0.462. The highest BCUT2D eigenvalue weighted by Crippen LogP contribution is 2.26. The summed E-state index contributed by atoms with van der Waals surface area (Å²) in [6.45, 7) is 0. The van der Waals surface area contributed by atoms with Gasteiger partial charge in [0.1, 0.15) is 0 Å². The minimum atomic E-state index is -0.503. The fourth-order valence-electron chi connectivity index (χ4n) is 2.42. The molecule has 2 N–H and O–H groups in total. The van der Waals surface area contributed by atoms with Crippen LogP contribution in [0, 0.1) is 0 Å². The van der Waals surface area contributed by atoms with Crippen LogP contribution in [-0.4, -0.2) is 26.2 Å². The van der Waals surface area contributed by atoms with Crippen molar-refractivity contribution >= 4 is 35.1 Å². The number of aromatic amines is 1. The highest BCUT2D eigenvalue weighted by molar-refractivity contribution is 6.33. The van der Waals surface area contributed by atoms with Gasteiger partial charge in [0, 0.05) is 22.2 Å². The molecule has 4 rings (SSSR count). The van der Waals surface area contributed by atoms with E-state index in [-0.39, 0.29) is 11.6 Å². The minimum Gasteiger partial charge on any atom is -0.355 e. The summed E-state index contributed by atoms with van der Waals surface area (Å²) in [6.07, 6.45) is 0. The van der Waals surface area contributed by atoms with Crippen LogP contribution in [0.5, 0.6) is 0 Å². The van der Waals surface area contributed by atoms with Gasteiger partial charge in [0.25, 0.3) is 5.91 Å². The van der Waals surface area contributed by atoms with E-state index >= 15 is 0 Å². The van der Waals surface area contributed by atoms with E-state index in [0.29, 0.717) is 32.8 Å². The molecule has 0 unspecified atom stereocenters. The van der Waals surface area contributed by atoms with Crippen LogP contribution in [0.15, 0.2) is 59.1 Å². The van der Waals surface area contributed by atoms with Crippen LogP contribution >= 0.6 is 23.2 Å². The van der Waals surface area contributed by atoms with Crippen molar-refractivity contribution in [2.45, 2.75) is 0 Å². The molecule has 0 fully saturated rings. The maximum absolute atomic E-state index is 12.4. The van der Waals surface area contributed by atoms with Crippen LogP contribution < -0.4 is 5.32 Å². The van der Waals surface area contributed by atoms with Crippen molar-refractivity contribution < 1.29 is 9.32 Å². The first kappa shape index (κ1) is 17.3. The second-order valence-corrected chi connectivity index (χ2v) is 6.37. The van der Waals surface area contributed by atoms with E-state index in [0.717, 1.165) is 0 Å². The lowest BCUT2D eigenvalue weighted by Crippen LogP contribution is -2.13. The lowest BCUT2D eigenvalue weighted by atomic mass is 10.1. The van der Waals surface area contributed by atoms with Crippen LogP contribution in [0.25, 0.3) is 22.7 Å². The van der Waals surface area contributed by atoms with E-state index in [2.05, 4.69) is 25.7 Å². The SMILES string of the molecule is O=C(Nc1n[nH]c(-c2ccccc2Cl)n1)c1cc(-c2cccc(Cl)c2)on1. The van der Waals surface area contributed by atoms with E-state index in [1.807, 2.05) is 12.1 Å². The monoisotopic (exact) mass is 399 g/mol. The smallest absolute Gasteiger partial charge is 0.280 e. The zero-order valence-corrected chi connectivity index (χ0v) is 15.1. The van der Waals surface area contributed by atoms with Crippen molar-refractivity contribution in [2.24, 2.45) is 0 Å². The summed E-state index contributed by atoms with van der Waals surface area (Å²) >= 11 is 12.1. The Bertz CT molecular complexity index is 1120. The molecule has 0 aliphatic carbocycles. The van der Waals surface area contributed by atoms with Gasteiger partial charge in [0.15, 0.2) is 17.3 Å². The van der Waals surface area contributed by atoms with Crippen molar-refractivity contribution in [1.29, 1.82) is 0 Å². The molecule has 1 amide bonds. The Morgan fingerprint density at radius 1 is 1.07 bits per heavy atom. The lowest BCUT2D eigenvalue weighted by molar-refractivity contribution is 0.101. The number of H-pyrrole nitrogens is 1. The van der Waals surface area contributed by atoms with E-state index in [4.69, 9.17) is 27.7 Å². The summed E-state index contributed by atoms with van der Waals surface area (Å²) < 4.78 is 5.22. The van der Waals surface area contributed by atoms with E-state index < -0.39 is 5.91 Å². The third-order valence-corrected chi connectivity index (χ3v) is 4.26. The number of carbonyl (C=O) groups is 1. The van der Waals surface area contributed by atoms with Gasteiger partial charge in [0.05, 0.1) is 5.02 Å². The molecule has 27 heavy (non-hydrogen) atoms. The van der Waals surface area contributed by atoms with Crippen molar-refractivity contribution in [3.8, 4) is 22.7 Å². The predicted octanol–water partition coefficient (Wildman–Crippen LogP) is 4.69. The number of amides is 1. The van der Waals surface area contributed by atoms with Gasteiger partial charge in [0.2, 0.25) is 5.95 Å². The molecule has 9 heteroatoms. The zero-order valence-electron chi connectivity index (χ0n) is 13.6. The summed E-state index contributed by atoms with van der Waals surface area (Å²) in [4.78, 5) is 16.6. The van der Waals surface area contributed by atoms with Gasteiger partial charge in [-0.15, -0.1) is 5.10 Å². The van der Waals surface area contributed by atoms with Crippen molar-refractivity contribution in [1.82, 2.24) is 20.3 Å². The van der Waals surface area contributed by atoms with Crippen LogP contribution in [0.1, 0.15) is 10.5 Å². The van der Waals surface area contributed by atoms with E-state index in [9.17, 15) is 4.79 Å². The molecule has 0 atom stereocenters. The van der Waals surface area contributed by atoms with Gasteiger partial charge in [-0.05, 0) is 24.3 Å². The quantitative estimate of drug-likeness (QED) is 0.518. The predicted molar refractivity (Wildman–Crippen MR) is 102 cm³/mol. The number of rotatable bonds is 4. The van der Waals surface area contributed by atoms with Crippen molar-refractivity contribution in [3.05, 3.63) is 70.3 Å². The van der Waals surface area contributed by atoms with Gasteiger partial charge < -0.3 is 4.52 Å². The first-order valence-corrected chi connectivity index (χ1v) is 8.57. The molecular formula is C18H11Cl2N5O2. The molecule has 2 heterocycles. The minimum absolute atomic E-state index is 0.0917. The highest BCUT2D eigenvalue weighted by atomic mass is 35.5. The van der Waals surface area contributed by atoms with Gasteiger partial charge in [-0.1, -0.05) is 52.6 Å². The fraction of sp³-hybridized carbons (Fsp3) is 0. The summed E-state index contributed by atoms with van der Waals surface area (Å²) in [5, 5.41) is 14.1. The zero-order chi connectivity index (χ0) is 18.8. The van der Waals surface area contributed by atoms with Crippen molar-refractivity contribution in [3.63, 3.8) is 0 Å². The third kappa shape index (κ3) is 3.69. The number of anilines is 1. The number of carbonyl (C=O) groups excluding carboxylic acids is 1. The van der Waals surface area contributed by atoms with Gasteiger partial charge >= 0.3 is 0 Å². The lowest BCUT2D eigenvalue weighted by Gasteiger charge is -1.98. The Kier molecular flexibility index (Phi) is 4.62. The number of hydrogen-bond acceptors (Lipinski definition) is 5. The fourth-order valence-corrected chi connectivity index (χ4v) is 2.83. The Hall–Kier alpha value is -3.16. The Morgan fingerprint density at radius 3 is 2.74 bits per heavy atom. The number of benzene rings is 2. The van der Waals surface area contributed by atoms with E-state index in [1.165, 1.54) is 6.07 Å². The molecule has 134 valence electrons. The number of nitrogens with zero attached hydrogens (tertiary/aromatic N) is 3. The molecule has 4 aromatic rings. The van der Waals surface area contributed by atoms with Crippen LogP contribution in [0.4, 0.5) is 5.95 Å². The first-order chi connectivity index (χ1) is 13.1. The molecule has 2 aromatic carbocycles. The van der Waals surface area contributed by atoms with Crippen LogP contribution in [0.3, 0.4) is 0 Å². The number of hydrogen-bond donors (Lipinski definition) is 2. The standard InChI is InChI=1S/C18H11Cl2N5O2/c19-11-5-3-4-10(8-11)15-9-14(25-27-15)17(26)22-18-21-16(23-24-18)12-6-1-2-7-13(12)20/h1-9H,(H2,21,22,23,24,26). The van der Waals surface area contributed by atoms with E-state index in [1.54, 1.807) is 36.4 Å². The number of aromatic nitrogens is 4. The molecular weight excluding hydrogens is 389 g/mol. The average molecular weight is 400 g/mol. The molecule has 0 saturated heterocycles.